The Morgan fingerprint density at radius 2 is 2.11 bits per heavy atom. The van der Waals surface area contributed by atoms with Crippen molar-refractivity contribution >= 4 is 39.0 Å². The average Bonchev–Trinajstić information content (AvgIpc) is 2.85. The minimum absolute atomic E-state index is 0.672. The lowest BCUT2D eigenvalue weighted by Gasteiger charge is -2.02. The molecule has 18 heavy (non-hydrogen) atoms. The van der Waals surface area contributed by atoms with Gasteiger partial charge < -0.3 is 5.73 Å². The second-order valence-corrected chi connectivity index (χ2v) is 6.14. The van der Waals surface area contributed by atoms with Gasteiger partial charge >= 0.3 is 0 Å². The van der Waals surface area contributed by atoms with Crippen LogP contribution in [0.4, 0.5) is 5.69 Å². The Morgan fingerprint density at radius 3 is 2.83 bits per heavy atom. The zero-order valence-electron chi connectivity index (χ0n) is 9.89. The zero-order chi connectivity index (χ0) is 12.7. The van der Waals surface area contributed by atoms with Gasteiger partial charge in [0.25, 0.3) is 0 Å². The fourth-order valence-electron chi connectivity index (χ4n) is 1.64. The summed E-state index contributed by atoms with van der Waals surface area (Å²) in [5, 5.41) is 8.62. The predicted molar refractivity (Wildman–Crippen MR) is 74.0 cm³/mol. The van der Waals surface area contributed by atoms with Crippen LogP contribution in [0.15, 0.2) is 22.2 Å². The van der Waals surface area contributed by atoms with E-state index in [1.165, 1.54) is 11.8 Å². The lowest BCUT2D eigenvalue weighted by molar-refractivity contribution is 0.970. The third-order valence-electron chi connectivity index (χ3n) is 2.40. The van der Waals surface area contributed by atoms with Crippen molar-refractivity contribution in [2.75, 3.05) is 5.73 Å². The maximum Gasteiger partial charge on any atom is 0.213 e. The molecule has 0 amide bonds. The van der Waals surface area contributed by atoms with Crippen LogP contribution in [0.25, 0.3) is 10.2 Å². The summed E-state index contributed by atoms with van der Waals surface area (Å²) >= 11 is 3.09. The molecule has 92 valence electrons. The zero-order valence-corrected chi connectivity index (χ0v) is 11.5. The number of thiazole rings is 1. The number of nitrogens with one attached hydrogen (secondary N) is 1. The third-order valence-corrected chi connectivity index (χ3v) is 4.28. The Labute approximate surface area is 112 Å². The number of nitrogens with two attached hydrogens (primary N) is 1. The van der Waals surface area contributed by atoms with Crippen molar-refractivity contribution < 1.29 is 0 Å². The molecule has 3 aromatic rings. The Balaban J connectivity index is 2.02. The van der Waals surface area contributed by atoms with Crippen LogP contribution in [-0.2, 0) is 0 Å². The van der Waals surface area contributed by atoms with Crippen molar-refractivity contribution in [1.29, 1.82) is 0 Å². The van der Waals surface area contributed by atoms with E-state index in [9.17, 15) is 0 Å². The van der Waals surface area contributed by atoms with Gasteiger partial charge in [-0.1, -0.05) is 0 Å². The van der Waals surface area contributed by atoms with Gasteiger partial charge in [-0.3, -0.25) is 5.10 Å². The molecule has 7 heteroatoms. The summed E-state index contributed by atoms with van der Waals surface area (Å²) in [7, 11) is 0. The average molecular weight is 277 g/mol. The Bertz CT molecular complexity index is 715. The van der Waals surface area contributed by atoms with Crippen LogP contribution in [0.1, 0.15) is 10.8 Å². The van der Waals surface area contributed by atoms with Crippen LogP contribution >= 0.6 is 23.1 Å². The number of H-pyrrole nitrogens is 1. The highest BCUT2D eigenvalue weighted by atomic mass is 32.2. The van der Waals surface area contributed by atoms with Crippen LogP contribution in [0.3, 0.4) is 0 Å². The van der Waals surface area contributed by atoms with Gasteiger partial charge in [-0.2, -0.15) is 0 Å². The highest BCUT2D eigenvalue weighted by Gasteiger charge is 2.10. The number of hydrogen-bond acceptors (Lipinski definition) is 6. The molecule has 0 spiro atoms. The summed E-state index contributed by atoms with van der Waals surface area (Å²) in [5.41, 5.74) is 7.75. The molecular formula is C11H11N5S2. The van der Waals surface area contributed by atoms with E-state index >= 15 is 0 Å². The van der Waals surface area contributed by atoms with Crippen LogP contribution in [0.5, 0.6) is 0 Å². The quantitative estimate of drug-likeness (QED) is 0.704. The first-order valence-corrected chi connectivity index (χ1v) is 6.98. The van der Waals surface area contributed by atoms with Crippen LogP contribution in [0, 0.1) is 13.8 Å². The van der Waals surface area contributed by atoms with Gasteiger partial charge in [-0.25, -0.2) is 9.97 Å². The largest absolute Gasteiger partial charge is 0.398 e. The van der Waals surface area contributed by atoms with E-state index in [4.69, 9.17) is 5.73 Å². The van der Waals surface area contributed by atoms with E-state index in [2.05, 4.69) is 20.2 Å². The summed E-state index contributed by atoms with van der Waals surface area (Å²) in [6.07, 6.45) is 0. The predicted octanol–water partition coefficient (Wildman–Crippen LogP) is 2.76. The van der Waals surface area contributed by atoms with E-state index in [0.29, 0.717) is 5.16 Å². The first-order chi connectivity index (χ1) is 8.61. The fourth-order valence-corrected chi connectivity index (χ4v) is 3.32. The summed E-state index contributed by atoms with van der Waals surface area (Å²) in [6.45, 7) is 3.86. The number of aromatic nitrogens is 4. The monoisotopic (exact) mass is 277 g/mol. The minimum atomic E-state index is 0.672. The normalized spacial score (nSPS) is 11.2. The summed E-state index contributed by atoms with van der Waals surface area (Å²) in [6, 6.07) is 3.95. The SMILES string of the molecule is Cc1nc(Sc2cc3nc(C)sc3cc2N)n[nH]1. The Morgan fingerprint density at radius 1 is 1.28 bits per heavy atom. The molecule has 3 N–H and O–H groups in total. The Hall–Kier alpha value is -1.60. The third kappa shape index (κ3) is 2.06. The smallest absolute Gasteiger partial charge is 0.213 e. The number of rotatable bonds is 2. The molecule has 0 saturated heterocycles. The molecule has 0 aliphatic heterocycles. The van der Waals surface area contributed by atoms with Crippen molar-refractivity contribution in [1.82, 2.24) is 20.2 Å². The number of aryl methyl sites for hydroxylation is 2. The van der Waals surface area contributed by atoms with Gasteiger partial charge in [-0.15, -0.1) is 16.4 Å². The van der Waals surface area contributed by atoms with Crippen LogP contribution in [-0.4, -0.2) is 20.2 Å². The number of hydrogen-bond donors (Lipinski definition) is 2. The van der Waals surface area contributed by atoms with Gasteiger partial charge in [0, 0.05) is 10.6 Å². The molecule has 5 nitrogen and oxygen atoms in total. The molecule has 1 aromatic carbocycles. The van der Waals surface area contributed by atoms with Crippen molar-refractivity contribution in [2.45, 2.75) is 23.9 Å². The van der Waals surface area contributed by atoms with Gasteiger partial charge in [0.15, 0.2) is 0 Å². The first-order valence-electron chi connectivity index (χ1n) is 5.35. The summed E-state index contributed by atoms with van der Waals surface area (Å²) in [4.78, 5) is 9.65. The molecule has 0 aliphatic carbocycles. The molecule has 0 bridgehead atoms. The van der Waals surface area contributed by atoms with Gasteiger partial charge in [-0.05, 0) is 37.7 Å². The van der Waals surface area contributed by atoms with Gasteiger partial charge in [0.2, 0.25) is 5.16 Å². The van der Waals surface area contributed by atoms with E-state index in [1.54, 1.807) is 11.3 Å². The number of nitrogen functional groups attached to an aromatic ring is 1. The van der Waals surface area contributed by atoms with E-state index in [0.717, 1.165) is 31.6 Å². The molecule has 0 saturated carbocycles. The van der Waals surface area contributed by atoms with E-state index in [-0.39, 0.29) is 0 Å². The van der Waals surface area contributed by atoms with Gasteiger partial charge in [0.05, 0.1) is 15.2 Å². The Kier molecular flexibility index (Phi) is 2.71. The van der Waals surface area contributed by atoms with Crippen molar-refractivity contribution in [3.63, 3.8) is 0 Å². The van der Waals surface area contributed by atoms with Crippen LogP contribution < -0.4 is 5.73 Å². The topological polar surface area (TPSA) is 80.5 Å². The number of nitrogens with zero attached hydrogens (tertiary/aromatic N) is 3. The molecule has 0 unspecified atom stereocenters. The van der Waals surface area contributed by atoms with Gasteiger partial charge in [0.1, 0.15) is 5.82 Å². The fraction of sp³-hybridized carbons (Fsp3) is 0.182. The number of anilines is 1. The molecular weight excluding hydrogens is 266 g/mol. The second kappa shape index (κ2) is 4.25. The first kappa shape index (κ1) is 11.5. The molecule has 0 radical (unpaired) electrons. The highest BCUT2D eigenvalue weighted by Crippen LogP contribution is 2.34. The van der Waals surface area contributed by atoms with Crippen molar-refractivity contribution in [3.8, 4) is 0 Å². The maximum absolute atomic E-state index is 6.04. The molecule has 0 fully saturated rings. The number of fused-ring (bicyclic) bond motifs is 1. The summed E-state index contributed by atoms with van der Waals surface area (Å²) < 4.78 is 1.11. The van der Waals surface area contributed by atoms with Crippen molar-refractivity contribution in [2.24, 2.45) is 0 Å². The maximum atomic E-state index is 6.04. The van der Waals surface area contributed by atoms with E-state index < -0.39 is 0 Å². The summed E-state index contributed by atoms with van der Waals surface area (Å²) in [5.74, 6) is 0.793. The molecule has 0 aliphatic rings. The molecule has 0 atom stereocenters. The lowest BCUT2D eigenvalue weighted by Crippen LogP contribution is -1.88. The molecule has 2 heterocycles. The minimum Gasteiger partial charge on any atom is -0.398 e. The van der Waals surface area contributed by atoms with Crippen LogP contribution in [0.2, 0.25) is 0 Å². The second-order valence-electron chi connectivity index (χ2n) is 3.90. The molecule has 2 aromatic heterocycles. The standard InChI is InChI=1S/C11H11N5S2/c1-5-13-11(16-15-5)18-9-4-8-10(3-7(9)12)17-6(2)14-8/h3-4H,12H2,1-2H3,(H,13,15,16). The van der Waals surface area contributed by atoms with Crippen molar-refractivity contribution in [3.05, 3.63) is 23.0 Å². The van der Waals surface area contributed by atoms with E-state index in [1.807, 2.05) is 26.0 Å². The molecule has 3 rings (SSSR count). The number of aromatic amines is 1. The highest BCUT2D eigenvalue weighted by molar-refractivity contribution is 7.99. The number of benzene rings is 1. The lowest BCUT2D eigenvalue weighted by atomic mass is 10.3.